The summed E-state index contributed by atoms with van der Waals surface area (Å²) in [6, 6.07) is 11.2. The van der Waals surface area contributed by atoms with Gasteiger partial charge in [0.1, 0.15) is 11.6 Å². The van der Waals surface area contributed by atoms with E-state index in [1.807, 2.05) is 25.1 Å². The number of rotatable bonds is 4. The monoisotopic (exact) mass is 307 g/mol. The molecule has 0 radical (unpaired) electrons. The number of aryl methyl sites for hydroxylation is 1. The molecule has 1 amide bonds. The number of carbonyl (C=O) groups excluding carboxylic acids is 1. The number of benzene rings is 2. The summed E-state index contributed by atoms with van der Waals surface area (Å²) in [4.78, 5) is 12.1. The van der Waals surface area contributed by atoms with Crippen LogP contribution >= 0.6 is 11.6 Å². The molecule has 1 N–H and O–H groups in total. The highest BCUT2D eigenvalue weighted by molar-refractivity contribution is 6.33. The summed E-state index contributed by atoms with van der Waals surface area (Å²) in [6.07, 6.45) is -0.701. The SMILES string of the molecule is Cc1cccc(O[C@H](C)C(=O)Nc2ccc(F)cc2Cl)c1. The van der Waals surface area contributed by atoms with Gasteiger partial charge in [-0.25, -0.2) is 4.39 Å². The third kappa shape index (κ3) is 4.20. The Hall–Kier alpha value is -2.07. The first-order valence-corrected chi connectivity index (χ1v) is 6.83. The van der Waals surface area contributed by atoms with Crippen molar-refractivity contribution >= 4 is 23.2 Å². The minimum absolute atomic E-state index is 0.145. The van der Waals surface area contributed by atoms with E-state index < -0.39 is 11.9 Å². The number of nitrogens with one attached hydrogen (secondary N) is 1. The maximum Gasteiger partial charge on any atom is 0.265 e. The van der Waals surface area contributed by atoms with Crippen LogP contribution in [-0.2, 0) is 4.79 Å². The predicted octanol–water partition coefficient (Wildman–Crippen LogP) is 4.19. The second-order valence-electron chi connectivity index (χ2n) is 4.69. The van der Waals surface area contributed by atoms with Crippen LogP contribution in [-0.4, -0.2) is 12.0 Å². The van der Waals surface area contributed by atoms with Crippen LogP contribution in [0.5, 0.6) is 5.75 Å². The van der Waals surface area contributed by atoms with Gasteiger partial charge in [-0.05, 0) is 49.7 Å². The molecule has 1 atom stereocenters. The Balaban J connectivity index is 2.02. The fourth-order valence-corrected chi connectivity index (χ4v) is 1.99. The van der Waals surface area contributed by atoms with Gasteiger partial charge in [-0.2, -0.15) is 0 Å². The maximum absolute atomic E-state index is 12.9. The van der Waals surface area contributed by atoms with Crippen molar-refractivity contribution in [2.24, 2.45) is 0 Å². The Bertz CT molecular complexity index is 660. The van der Waals surface area contributed by atoms with E-state index in [0.29, 0.717) is 11.4 Å². The molecule has 0 aliphatic rings. The second kappa shape index (κ2) is 6.59. The number of hydrogen-bond acceptors (Lipinski definition) is 2. The first kappa shape index (κ1) is 15.3. The van der Waals surface area contributed by atoms with Gasteiger partial charge in [0.2, 0.25) is 0 Å². The smallest absolute Gasteiger partial charge is 0.265 e. The fourth-order valence-electron chi connectivity index (χ4n) is 1.77. The predicted molar refractivity (Wildman–Crippen MR) is 81.3 cm³/mol. The van der Waals surface area contributed by atoms with Crippen LogP contribution in [0.4, 0.5) is 10.1 Å². The molecule has 21 heavy (non-hydrogen) atoms. The highest BCUT2D eigenvalue weighted by Crippen LogP contribution is 2.23. The molecule has 0 aromatic heterocycles. The standard InChI is InChI=1S/C16H15ClFNO2/c1-10-4-3-5-13(8-10)21-11(2)16(20)19-15-7-6-12(18)9-14(15)17/h3-9,11H,1-2H3,(H,19,20)/t11-/m1/s1. The van der Waals surface area contributed by atoms with Gasteiger partial charge in [0.05, 0.1) is 10.7 Å². The molecule has 110 valence electrons. The molecule has 2 aromatic rings. The van der Waals surface area contributed by atoms with E-state index in [4.69, 9.17) is 16.3 Å². The molecule has 0 spiro atoms. The Labute approximate surface area is 127 Å². The van der Waals surface area contributed by atoms with Gasteiger partial charge >= 0.3 is 0 Å². The topological polar surface area (TPSA) is 38.3 Å². The second-order valence-corrected chi connectivity index (χ2v) is 5.10. The lowest BCUT2D eigenvalue weighted by Crippen LogP contribution is -2.30. The van der Waals surface area contributed by atoms with Crippen molar-refractivity contribution in [2.45, 2.75) is 20.0 Å². The van der Waals surface area contributed by atoms with Crippen molar-refractivity contribution in [3.63, 3.8) is 0 Å². The molecule has 2 aromatic carbocycles. The molecule has 0 saturated heterocycles. The summed E-state index contributed by atoms with van der Waals surface area (Å²) in [5.41, 5.74) is 1.39. The average molecular weight is 308 g/mol. The summed E-state index contributed by atoms with van der Waals surface area (Å²) in [7, 11) is 0. The molecule has 5 heteroatoms. The molecular weight excluding hydrogens is 293 g/mol. The number of halogens is 2. The van der Waals surface area contributed by atoms with E-state index in [2.05, 4.69) is 5.32 Å². The van der Waals surface area contributed by atoms with Gasteiger partial charge in [0.15, 0.2) is 6.10 Å². The first-order valence-electron chi connectivity index (χ1n) is 6.45. The van der Waals surface area contributed by atoms with Crippen molar-refractivity contribution in [3.8, 4) is 5.75 Å². The molecule has 3 nitrogen and oxygen atoms in total. The number of carbonyl (C=O) groups is 1. The van der Waals surface area contributed by atoms with Gasteiger partial charge < -0.3 is 10.1 Å². The summed E-state index contributed by atoms with van der Waals surface area (Å²) in [5, 5.41) is 2.75. The van der Waals surface area contributed by atoms with Crippen LogP contribution < -0.4 is 10.1 Å². The van der Waals surface area contributed by atoms with Crippen molar-refractivity contribution in [1.29, 1.82) is 0 Å². The van der Waals surface area contributed by atoms with Crippen molar-refractivity contribution in [1.82, 2.24) is 0 Å². The van der Waals surface area contributed by atoms with Crippen LogP contribution in [0.15, 0.2) is 42.5 Å². The summed E-state index contributed by atoms with van der Waals surface area (Å²) in [5.74, 6) is -0.199. The molecule has 0 unspecified atom stereocenters. The number of amides is 1. The molecule has 0 bridgehead atoms. The highest BCUT2D eigenvalue weighted by atomic mass is 35.5. The van der Waals surface area contributed by atoms with E-state index in [0.717, 1.165) is 11.6 Å². The lowest BCUT2D eigenvalue weighted by molar-refractivity contribution is -0.122. The minimum atomic E-state index is -0.701. The fraction of sp³-hybridized carbons (Fsp3) is 0.188. The highest BCUT2D eigenvalue weighted by Gasteiger charge is 2.16. The zero-order chi connectivity index (χ0) is 15.4. The Kier molecular flexibility index (Phi) is 4.81. The average Bonchev–Trinajstić information content (AvgIpc) is 2.41. The zero-order valence-electron chi connectivity index (χ0n) is 11.7. The van der Waals surface area contributed by atoms with Crippen molar-refractivity contribution < 1.29 is 13.9 Å². The molecule has 0 saturated carbocycles. The van der Waals surface area contributed by atoms with Gasteiger partial charge in [-0.1, -0.05) is 23.7 Å². The Morgan fingerprint density at radius 1 is 1.29 bits per heavy atom. The van der Waals surface area contributed by atoms with Gasteiger partial charge in [0, 0.05) is 0 Å². The van der Waals surface area contributed by atoms with Crippen LogP contribution in [0, 0.1) is 12.7 Å². The minimum Gasteiger partial charge on any atom is -0.481 e. The molecule has 0 aliphatic carbocycles. The third-order valence-electron chi connectivity index (χ3n) is 2.86. The Morgan fingerprint density at radius 2 is 2.05 bits per heavy atom. The number of ether oxygens (including phenoxy) is 1. The molecular formula is C16H15ClFNO2. The molecule has 0 aliphatic heterocycles. The van der Waals surface area contributed by atoms with Crippen LogP contribution in [0.3, 0.4) is 0 Å². The van der Waals surface area contributed by atoms with E-state index in [1.165, 1.54) is 12.1 Å². The van der Waals surface area contributed by atoms with E-state index in [1.54, 1.807) is 13.0 Å². The maximum atomic E-state index is 12.9. The van der Waals surface area contributed by atoms with Crippen LogP contribution in [0.25, 0.3) is 0 Å². The van der Waals surface area contributed by atoms with Crippen LogP contribution in [0.1, 0.15) is 12.5 Å². The Morgan fingerprint density at radius 3 is 2.71 bits per heavy atom. The van der Waals surface area contributed by atoms with E-state index >= 15 is 0 Å². The summed E-state index contributed by atoms with van der Waals surface area (Å²) >= 11 is 5.86. The van der Waals surface area contributed by atoms with Gasteiger partial charge in [0.25, 0.3) is 5.91 Å². The van der Waals surface area contributed by atoms with E-state index in [9.17, 15) is 9.18 Å². The largest absolute Gasteiger partial charge is 0.481 e. The normalized spacial score (nSPS) is 11.8. The van der Waals surface area contributed by atoms with Gasteiger partial charge in [-0.15, -0.1) is 0 Å². The number of anilines is 1. The lowest BCUT2D eigenvalue weighted by Gasteiger charge is -2.15. The molecule has 0 heterocycles. The summed E-state index contributed by atoms with van der Waals surface area (Å²) < 4.78 is 18.5. The number of hydrogen-bond donors (Lipinski definition) is 1. The zero-order valence-corrected chi connectivity index (χ0v) is 12.4. The quantitative estimate of drug-likeness (QED) is 0.919. The third-order valence-corrected chi connectivity index (χ3v) is 3.17. The summed E-state index contributed by atoms with van der Waals surface area (Å²) in [6.45, 7) is 3.57. The lowest BCUT2D eigenvalue weighted by atomic mass is 10.2. The van der Waals surface area contributed by atoms with E-state index in [-0.39, 0.29) is 10.9 Å². The van der Waals surface area contributed by atoms with Crippen molar-refractivity contribution in [3.05, 3.63) is 58.9 Å². The van der Waals surface area contributed by atoms with Gasteiger partial charge in [-0.3, -0.25) is 4.79 Å². The molecule has 2 rings (SSSR count). The molecule has 0 fully saturated rings. The van der Waals surface area contributed by atoms with Crippen molar-refractivity contribution in [2.75, 3.05) is 5.32 Å². The van der Waals surface area contributed by atoms with Crippen LogP contribution in [0.2, 0.25) is 5.02 Å². The first-order chi connectivity index (χ1) is 9.95.